The summed E-state index contributed by atoms with van der Waals surface area (Å²) in [4.78, 5) is 20.8. The molecule has 1 heterocycles. The quantitative estimate of drug-likeness (QED) is 0.626. The highest BCUT2D eigenvalue weighted by Crippen LogP contribution is 2.38. The van der Waals surface area contributed by atoms with Gasteiger partial charge < -0.3 is 15.7 Å². The molecule has 0 spiro atoms. The normalized spacial score (nSPS) is 12.2. The van der Waals surface area contributed by atoms with E-state index in [1.807, 2.05) is 0 Å². The predicted octanol–water partition coefficient (Wildman–Crippen LogP) is 3.09. The zero-order chi connectivity index (χ0) is 22.8. The smallest absolute Gasteiger partial charge is 0.383 e. The van der Waals surface area contributed by atoms with E-state index in [1.165, 1.54) is 11.0 Å². The number of amides is 1. The molecule has 0 aliphatic rings. The fraction of sp³-hybridized carbons (Fsp3) is 0.227. The third kappa shape index (κ3) is 4.75. The molecule has 2 aromatic carbocycles. The molecule has 0 saturated carbocycles. The number of aromatic nitrogens is 2. The number of hydrogen-bond donors (Lipinski definition) is 2. The lowest BCUT2D eigenvalue weighted by Crippen LogP contribution is -2.35. The van der Waals surface area contributed by atoms with E-state index in [0.717, 1.165) is 12.4 Å². The summed E-state index contributed by atoms with van der Waals surface area (Å²) in [6.07, 6.45) is -5.14. The molecule has 0 saturated heterocycles. The largest absolute Gasteiger partial charge is 0.418 e. The summed E-state index contributed by atoms with van der Waals surface area (Å²) in [7, 11) is 1.54. The average molecular weight is 428 g/mol. The number of likely N-dealkylation sites (N-methyl/N-ethyl adjacent to an activating group) is 1. The number of nitrogens with two attached hydrogens (primary N) is 1. The number of fused-ring (bicyclic) bond motifs is 1. The SMILES string of the molecule is CCN(C)C(=O)[C@H](O)C#Cc1cccc(-c2cc(C(F)(F)F)c3ncnc(N)c3c2)c1. The van der Waals surface area contributed by atoms with Gasteiger partial charge in [0.15, 0.2) is 6.10 Å². The molecule has 1 amide bonds. The fourth-order valence-corrected chi connectivity index (χ4v) is 2.92. The van der Waals surface area contributed by atoms with E-state index in [0.29, 0.717) is 17.7 Å². The number of benzene rings is 2. The molecule has 3 rings (SSSR count). The molecule has 9 heteroatoms. The molecular weight excluding hydrogens is 409 g/mol. The maximum atomic E-state index is 13.6. The molecule has 31 heavy (non-hydrogen) atoms. The van der Waals surface area contributed by atoms with Crippen LogP contribution in [0.5, 0.6) is 0 Å². The Labute approximate surface area is 176 Å². The number of anilines is 1. The van der Waals surface area contributed by atoms with Crippen LogP contribution in [0.25, 0.3) is 22.0 Å². The molecule has 0 aliphatic heterocycles. The number of aliphatic hydroxyl groups excluding tert-OH is 1. The molecule has 6 nitrogen and oxygen atoms in total. The van der Waals surface area contributed by atoms with Gasteiger partial charge in [0, 0.05) is 24.5 Å². The second-order valence-corrected chi connectivity index (χ2v) is 6.78. The summed E-state index contributed by atoms with van der Waals surface area (Å²) in [6, 6.07) is 8.92. The van der Waals surface area contributed by atoms with Crippen molar-refractivity contribution in [2.75, 3.05) is 19.3 Å². The van der Waals surface area contributed by atoms with Gasteiger partial charge in [0.1, 0.15) is 12.1 Å². The van der Waals surface area contributed by atoms with Crippen LogP contribution in [0.4, 0.5) is 19.0 Å². The molecule has 0 unspecified atom stereocenters. The minimum Gasteiger partial charge on any atom is -0.383 e. The highest BCUT2D eigenvalue weighted by molar-refractivity contribution is 5.94. The second kappa shape index (κ2) is 8.62. The number of alkyl halides is 3. The van der Waals surface area contributed by atoms with Crippen molar-refractivity contribution in [3.63, 3.8) is 0 Å². The molecule has 0 aliphatic carbocycles. The van der Waals surface area contributed by atoms with Gasteiger partial charge in [-0.25, -0.2) is 9.97 Å². The van der Waals surface area contributed by atoms with Crippen LogP contribution in [0.2, 0.25) is 0 Å². The van der Waals surface area contributed by atoms with Gasteiger partial charge in [0.25, 0.3) is 5.91 Å². The Morgan fingerprint density at radius 2 is 1.97 bits per heavy atom. The van der Waals surface area contributed by atoms with Gasteiger partial charge in [-0.05, 0) is 42.3 Å². The minimum absolute atomic E-state index is 0.0602. The van der Waals surface area contributed by atoms with Gasteiger partial charge in [-0.2, -0.15) is 13.2 Å². The van der Waals surface area contributed by atoms with Crippen molar-refractivity contribution in [3.05, 3.63) is 53.9 Å². The molecule has 160 valence electrons. The van der Waals surface area contributed by atoms with Crippen LogP contribution in [-0.4, -0.2) is 45.6 Å². The molecule has 0 bridgehead atoms. The Kier molecular flexibility index (Phi) is 6.13. The van der Waals surface area contributed by atoms with E-state index in [9.17, 15) is 23.1 Å². The van der Waals surface area contributed by atoms with Crippen molar-refractivity contribution in [2.24, 2.45) is 0 Å². The first-order valence-corrected chi connectivity index (χ1v) is 9.28. The lowest BCUT2D eigenvalue weighted by Gasteiger charge is -2.15. The molecule has 3 N–H and O–H groups in total. The number of carbonyl (C=O) groups excluding carboxylic acids is 1. The molecule has 0 fully saturated rings. The first-order chi connectivity index (χ1) is 14.6. The van der Waals surface area contributed by atoms with Crippen molar-refractivity contribution in [1.29, 1.82) is 0 Å². The van der Waals surface area contributed by atoms with E-state index in [4.69, 9.17) is 5.73 Å². The summed E-state index contributed by atoms with van der Waals surface area (Å²) >= 11 is 0. The number of rotatable bonds is 3. The number of aliphatic hydroxyl groups is 1. The third-order valence-electron chi connectivity index (χ3n) is 4.71. The second-order valence-electron chi connectivity index (χ2n) is 6.78. The number of carbonyl (C=O) groups is 1. The average Bonchev–Trinajstić information content (AvgIpc) is 2.75. The first kappa shape index (κ1) is 22.1. The van der Waals surface area contributed by atoms with Crippen LogP contribution in [-0.2, 0) is 11.0 Å². The van der Waals surface area contributed by atoms with Crippen molar-refractivity contribution in [2.45, 2.75) is 19.2 Å². The third-order valence-corrected chi connectivity index (χ3v) is 4.71. The monoisotopic (exact) mass is 428 g/mol. The van der Waals surface area contributed by atoms with Crippen LogP contribution in [0.3, 0.4) is 0 Å². The summed E-state index contributed by atoms with van der Waals surface area (Å²) in [5, 5.41) is 10.0. The number of nitrogens with zero attached hydrogens (tertiary/aromatic N) is 3. The van der Waals surface area contributed by atoms with Crippen molar-refractivity contribution in [1.82, 2.24) is 14.9 Å². The van der Waals surface area contributed by atoms with Crippen LogP contribution in [0.15, 0.2) is 42.7 Å². The summed E-state index contributed by atoms with van der Waals surface area (Å²) in [5.41, 5.74) is 5.72. The van der Waals surface area contributed by atoms with E-state index in [-0.39, 0.29) is 22.3 Å². The zero-order valence-electron chi connectivity index (χ0n) is 16.7. The Bertz CT molecular complexity index is 1200. The highest BCUT2D eigenvalue weighted by atomic mass is 19.4. The summed E-state index contributed by atoms with van der Waals surface area (Å²) in [5.74, 6) is 4.55. The summed E-state index contributed by atoms with van der Waals surface area (Å²) in [6.45, 7) is 2.18. The first-order valence-electron chi connectivity index (χ1n) is 9.28. The molecular formula is C22H19F3N4O2. The van der Waals surface area contributed by atoms with Crippen LogP contribution >= 0.6 is 0 Å². The number of halogens is 3. The lowest BCUT2D eigenvalue weighted by atomic mass is 9.98. The van der Waals surface area contributed by atoms with Crippen LogP contribution in [0.1, 0.15) is 18.1 Å². The standard InChI is InChI=1S/C22H19F3N4O2/c1-3-29(2)21(31)18(30)8-7-13-5-4-6-14(9-13)15-10-16-19(27-12-28-20(16)26)17(11-15)22(23,24)25/h4-6,9-12,18,30H,3H2,1-2H3,(H2,26,27,28)/t18-/m1/s1. The van der Waals surface area contributed by atoms with Gasteiger partial charge in [-0.15, -0.1) is 0 Å². The molecule has 0 radical (unpaired) electrons. The fourth-order valence-electron chi connectivity index (χ4n) is 2.92. The number of nitrogen functional groups attached to an aromatic ring is 1. The molecule has 1 aromatic heterocycles. The van der Waals surface area contributed by atoms with Crippen molar-refractivity contribution < 1.29 is 23.1 Å². The van der Waals surface area contributed by atoms with Crippen LogP contribution in [0, 0.1) is 11.8 Å². The van der Waals surface area contributed by atoms with Gasteiger partial charge >= 0.3 is 6.18 Å². The van der Waals surface area contributed by atoms with Gasteiger partial charge in [-0.1, -0.05) is 24.0 Å². The van der Waals surface area contributed by atoms with Crippen molar-refractivity contribution >= 4 is 22.6 Å². The van der Waals surface area contributed by atoms with E-state index in [2.05, 4.69) is 21.8 Å². The van der Waals surface area contributed by atoms with E-state index >= 15 is 0 Å². The van der Waals surface area contributed by atoms with E-state index < -0.39 is 23.8 Å². The van der Waals surface area contributed by atoms with Gasteiger partial charge in [0.05, 0.1) is 11.1 Å². The van der Waals surface area contributed by atoms with E-state index in [1.54, 1.807) is 38.2 Å². The van der Waals surface area contributed by atoms with Crippen LogP contribution < -0.4 is 5.73 Å². The van der Waals surface area contributed by atoms with Gasteiger partial charge in [0.2, 0.25) is 0 Å². The Balaban J connectivity index is 2.05. The van der Waals surface area contributed by atoms with Crippen molar-refractivity contribution in [3.8, 4) is 23.0 Å². The summed E-state index contributed by atoms with van der Waals surface area (Å²) < 4.78 is 40.9. The topological polar surface area (TPSA) is 92.3 Å². The maximum absolute atomic E-state index is 13.6. The Hall–Kier alpha value is -3.64. The highest BCUT2D eigenvalue weighted by Gasteiger charge is 2.34. The maximum Gasteiger partial charge on any atom is 0.418 e. The Morgan fingerprint density at radius 3 is 2.65 bits per heavy atom. The zero-order valence-corrected chi connectivity index (χ0v) is 16.7. The number of hydrogen-bond acceptors (Lipinski definition) is 5. The predicted molar refractivity (Wildman–Crippen MR) is 111 cm³/mol. The molecule has 3 aromatic rings. The Morgan fingerprint density at radius 1 is 1.23 bits per heavy atom. The van der Waals surface area contributed by atoms with Gasteiger partial charge in [-0.3, -0.25) is 4.79 Å². The molecule has 1 atom stereocenters. The minimum atomic E-state index is -4.64. The lowest BCUT2D eigenvalue weighted by molar-refractivity contribution is -0.136.